The average Bonchev–Trinajstić information content (AvgIpc) is 2.10. The second kappa shape index (κ2) is 2.21. The number of nitrogens with two attached hydrogens (primary N) is 1. The summed E-state index contributed by atoms with van der Waals surface area (Å²) in [7, 11) is 0. The summed E-state index contributed by atoms with van der Waals surface area (Å²) in [5.41, 5.74) is 4.24. The molecule has 1 heterocycles. The van der Waals surface area contributed by atoms with Crippen LogP contribution in [0.3, 0.4) is 0 Å². The van der Waals surface area contributed by atoms with Crippen molar-refractivity contribution in [2.45, 2.75) is 25.0 Å². The molecule has 1 saturated heterocycles. The quantitative estimate of drug-likeness (QED) is 0.423. The summed E-state index contributed by atoms with van der Waals surface area (Å²) in [5.74, 6) is -0.391. The molecule has 1 amide bonds. The molecule has 10 heavy (non-hydrogen) atoms. The number of carbonyl (C=O) groups is 1. The van der Waals surface area contributed by atoms with Crippen LogP contribution >= 0.6 is 0 Å². The largest absolute Gasteiger partial charge is 0.389 e. The Morgan fingerprint density at radius 3 is 2.70 bits per heavy atom. The van der Waals surface area contributed by atoms with Crippen molar-refractivity contribution >= 4 is 5.91 Å². The second-order valence-corrected chi connectivity index (χ2v) is 3.04. The Morgan fingerprint density at radius 1 is 1.90 bits per heavy atom. The van der Waals surface area contributed by atoms with Gasteiger partial charge in [0, 0.05) is 13.0 Å². The Labute approximate surface area is 59.4 Å². The van der Waals surface area contributed by atoms with Gasteiger partial charge in [0.05, 0.1) is 11.6 Å². The predicted molar refractivity (Wildman–Crippen MR) is 36.2 cm³/mol. The van der Waals surface area contributed by atoms with Crippen molar-refractivity contribution in [3.05, 3.63) is 0 Å². The van der Waals surface area contributed by atoms with E-state index in [1.54, 1.807) is 6.92 Å². The molecular weight excluding hydrogens is 132 g/mol. The van der Waals surface area contributed by atoms with Gasteiger partial charge in [0.2, 0.25) is 5.91 Å². The first-order valence-corrected chi connectivity index (χ1v) is 3.26. The lowest BCUT2D eigenvalue weighted by Crippen LogP contribution is -2.36. The van der Waals surface area contributed by atoms with E-state index in [4.69, 9.17) is 5.73 Å². The van der Waals surface area contributed by atoms with Crippen molar-refractivity contribution in [2.24, 2.45) is 5.73 Å². The molecule has 2 atom stereocenters. The average molecular weight is 144 g/mol. The van der Waals surface area contributed by atoms with Crippen molar-refractivity contribution in [3.63, 3.8) is 0 Å². The van der Waals surface area contributed by atoms with Gasteiger partial charge in [-0.05, 0) is 6.92 Å². The SMILES string of the molecule is CC1(O)CNC(C(N)=O)C1. The topological polar surface area (TPSA) is 75.3 Å². The van der Waals surface area contributed by atoms with Gasteiger partial charge in [-0.1, -0.05) is 0 Å². The van der Waals surface area contributed by atoms with E-state index < -0.39 is 11.5 Å². The van der Waals surface area contributed by atoms with Crippen molar-refractivity contribution in [1.29, 1.82) is 0 Å². The number of rotatable bonds is 1. The van der Waals surface area contributed by atoms with Crippen LogP contribution in [0, 0.1) is 0 Å². The van der Waals surface area contributed by atoms with Crippen LogP contribution in [0.4, 0.5) is 0 Å². The van der Waals surface area contributed by atoms with E-state index in [0.29, 0.717) is 13.0 Å². The maximum absolute atomic E-state index is 10.5. The summed E-state index contributed by atoms with van der Waals surface area (Å²) in [6, 6.07) is -0.352. The molecule has 0 aromatic heterocycles. The zero-order chi connectivity index (χ0) is 7.78. The fraction of sp³-hybridized carbons (Fsp3) is 0.833. The molecule has 0 aromatic rings. The van der Waals surface area contributed by atoms with Crippen molar-refractivity contribution in [1.82, 2.24) is 5.32 Å². The van der Waals surface area contributed by atoms with E-state index in [9.17, 15) is 9.90 Å². The minimum atomic E-state index is -0.764. The normalized spacial score (nSPS) is 40.0. The lowest BCUT2D eigenvalue weighted by Gasteiger charge is -2.12. The number of hydrogen-bond acceptors (Lipinski definition) is 3. The second-order valence-electron chi connectivity index (χ2n) is 3.04. The number of nitrogens with one attached hydrogen (secondary N) is 1. The van der Waals surface area contributed by atoms with Crippen LogP contribution < -0.4 is 11.1 Å². The highest BCUT2D eigenvalue weighted by atomic mass is 16.3. The van der Waals surface area contributed by atoms with E-state index >= 15 is 0 Å². The smallest absolute Gasteiger partial charge is 0.234 e. The van der Waals surface area contributed by atoms with Gasteiger partial charge in [0.25, 0.3) is 0 Å². The number of β-amino-alcohol motifs (C(OH)–C–C–N with tert-alkyl or cyclic N) is 1. The molecule has 2 unspecified atom stereocenters. The fourth-order valence-electron chi connectivity index (χ4n) is 1.13. The summed E-state index contributed by atoms with van der Waals surface area (Å²) in [6.45, 7) is 2.13. The van der Waals surface area contributed by atoms with Crippen LogP contribution in [-0.4, -0.2) is 29.2 Å². The summed E-state index contributed by atoms with van der Waals surface area (Å²) in [6.07, 6.45) is 0.419. The van der Waals surface area contributed by atoms with E-state index in [1.165, 1.54) is 0 Å². The first-order valence-electron chi connectivity index (χ1n) is 3.26. The molecule has 0 saturated carbocycles. The molecule has 1 aliphatic rings. The molecule has 58 valence electrons. The first-order chi connectivity index (χ1) is 4.51. The van der Waals surface area contributed by atoms with Crippen LogP contribution in [0.25, 0.3) is 0 Å². The molecule has 4 N–H and O–H groups in total. The standard InChI is InChI=1S/C6H12N2O2/c1-6(10)2-4(5(7)9)8-3-6/h4,8,10H,2-3H2,1H3,(H2,7,9). The Morgan fingerprint density at radius 2 is 2.50 bits per heavy atom. The zero-order valence-corrected chi connectivity index (χ0v) is 5.92. The van der Waals surface area contributed by atoms with Crippen LogP contribution in [-0.2, 0) is 4.79 Å². The Bertz CT molecular complexity index is 156. The predicted octanol–water partition coefficient (Wildman–Crippen LogP) is -1.42. The summed E-state index contributed by atoms with van der Waals surface area (Å²) in [5, 5.41) is 12.2. The van der Waals surface area contributed by atoms with Gasteiger partial charge in [-0.3, -0.25) is 4.79 Å². The molecule has 1 aliphatic heterocycles. The third kappa shape index (κ3) is 1.46. The molecule has 0 radical (unpaired) electrons. The van der Waals surface area contributed by atoms with E-state index in [-0.39, 0.29) is 6.04 Å². The lowest BCUT2D eigenvalue weighted by atomic mass is 10.0. The van der Waals surface area contributed by atoms with Gasteiger partial charge in [0.15, 0.2) is 0 Å². The Hall–Kier alpha value is -0.610. The fourth-order valence-corrected chi connectivity index (χ4v) is 1.13. The van der Waals surface area contributed by atoms with E-state index in [1.807, 2.05) is 0 Å². The summed E-state index contributed by atoms with van der Waals surface area (Å²) >= 11 is 0. The molecule has 4 nitrogen and oxygen atoms in total. The molecule has 1 fully saturated rings. The molecule has 0 aliphatic carbocycles. The van der Waals surface area contributed by atoms with Crippen LogP contribution in [0.5, 0.6) is 0 Å². The van der Waals surface area contributed by atoms with Crippen LogP contribution in [0.1, 0.15) is 13.3 Å². The molecule has 1 rings (SSSR count). The van der Waals surface area contributed by atoms with Gasteiger partial charge < -0.3 is 16.2 Å². The zero-order valence-electron chi connectivity index (χ0n) is 5.92. The Balaban J connectivity index is 2.51. The van der Waals surface area contributed by atoms with Gasteiger partial charge in [-0.25, -0.2) is 0 Å². The summed E-state index contributed by atoms with van der Waals surface area (Å²) < 4.78 is 0. The third-order valence-corrected chi connectivity index (χ3v) is 1.72. The minimum Gasteiger partial charge on any atom is -0.389 e. The van der Waals surface area contributed by atoms with Gasteiger partial charge in [-0.2, -0.15) is 0 Å². The highest BCUT2D eigenvalue weighted by molar-refractivity contribution is 5.80. The number of amides is 1. The van der Waals surface area contributed by atoms with Gasteiger partial charge >= 0.3 is 0 Å². The van der Waals surface area contributed by atoms with Crippen molar-refractivity contribution in [3.8, 4) is 0 Å². The van der Waals surface area contributed by atoms with Crippen molar-refractivity contribution in [2.75, 3.05) is 6.54 Å². The number of carbonyl (C=O) groups excluding carboxylic acids is 1. The molecule has 4 heteroatoms. The number of primary amides is 1. The molecule has 0 aromatic carbocycles. The van der Waals surface area contributed by atoms with Gasteiger partial charge in [0.1, 0.15) is 0 Å². The molecular formula is C6H12N2O2. The molecule has 0 bridgehead atoms. The minimum absolute atomic E-state index is 0.352. The maximum atomic E-state index is 10.5. The summed E-state index contributed by atoms with van der Waals surface area (Å²) in [4.78, 5) is 10.5. The van der Waals surface area contributed by atoms with Crippen LogP contribution in [0.15, 0.2) is 0 Å². The Kier molecular flexibility index (Phi) is 1.66. The number of hydrogen-bond donors (Lipinski definition) is 3. The van der Waals surface area contributed by atoms with Gasteiger partial charge in [-0.15, -0.1) is 0 Å². The lowest BCUT2D eigenvalue weighted by molar-refractivity contribution is -0.120. The highest BCUT2D eigenvalue weighted by Crippen LogP contribution is 2.17. The molecule has 0 spiro atoms. The van der Waals surface area contributed by atoms with Crippen LogP contribution in [0.2, 0.25) is 0 Å². The first kappa shape index (κ1) is 7.50. The van der Waals surface area contributed by atoms with Crippen molar-refractivity contribution < 1.29 is 9.90 Å². The van der Waals surface area contributed by atoms with E-state index in [2.05, 4.69) is 5.32 Å². The highest BCUT2D eigenvalue weighted by Gasteiger charge is 2.35. The van der Waals surface area contributed by atoms with E-state index in [0.717, 1.165) is 0 Å². The monoisotopic (exact) mass is 144 g/mol. The number of aliphatic hydroxyl groups is 1. The third-order valence-electron chi connectivity index (χ3n) is 1.72. The maximum Gasteiger partial charge on any atom is 0.234 e.